The highest BCUT2D eigenvalue weighted by atomic mass is 16.4. The number of aromatic nitrogens is 2. The number of carbonyl (C=O) groups excluding carboxylic acids is 16. The first-order chi connectivity index (χ1) is 52.8. The standard InChI is InChI=1S/C69H114N22O22/c1-32(2)22-43(63(107)84-42(17-18-49(71)92)61(105)87-47(26-54(98)99)60(104)78-29-51(94)80-38(11)68(112)113)85-56(100)36(9)82-62(106)46(25-39-27-74-31-79-39)88-66(110)48-15-13-21-91(48)52(95)30-76-50(93)28-77-59(103)41(14-12-20-75-69(72)73)83-64(108)44(23-33(3)4)86-65(109)45(24-34(5)6)89-67(111)55(35(7)8)90-57(101)37(10)81-58(102)40(70)16-19-53(96)97/h27,31-38,40-48,55H,12-26,28-30,70H2,1-11H3,(H2,71,92)(H,74,79)(H,76,93)(H,77,103)(H,78,104)(H,80,94)(H,81,102)(H,82,106)(H,83,108)(H,84,107)(H,85,100)(H,86,109)(H,87,105)(H,88,110)(H,89,111)(H,90,101)(H,96,97)(H,98,99)(H,112,113)(H4,72,73,75)/t36-,37-,38-,40-,41-,42-,43-,44-,45-,46-,47-,48-,55-/m0/s1. The number of nitrogens with zero attached hydrogens (tertiary/aromatic N) is 3. The smallest absolute Gasteiger partial charge is 0.325 e. The lowest BCUT2D eigenvalue weighted by atomic mass is 9.98. The zero-order valence-electron chi connectivity index (χ0n) is 65.4. The molecule has 0 saturated carbocycles. The number of carbonyl (C=O) groups is 19. The van der Waals surface area contributed by atoms with E-state index >= 15 is 0 Å². The molecular formula is C69H114N22O22. The van der Waals surface area contributed by atoms with Gasteiger partial charge in [-0.1, -0.05) is 55.4 Å². The molecule has 1 fully saturated rings. The van der Waals surface area contributed by atoms with Crippen molar-refractivity contribution in [2.45, 2.75) is 238 Å². The van der Waals surface area contributed by atoms with Gasteiger partial charge in [0.05, 0.1) is 38.4 Å². The summed E-state index contributed by atoms with van der Waals surface area (Å²) < 4.78 is 0. The van der Waals surface area contributed by atoms with Crippen molar-refractivity contribution in [3.63, 3.8) is 0 Å². The van der Waals surface area contributed by atoms with Crippen LogP contribution in [0.5, 0.6) is 0 Å². The number of rotatable bonds is 51. The first-order valence-electron chi connectivity index (χ1n) is 37.0. The number of aliphatic carboxylic acids is 3. The molecule has 1 aliphatic rings. The van der Waals surface area contributed by atoms with E-state index < -0.39 is 242 Å². The van der Waals surface area contributed by atoms with Crippen LogP contribution in [0.25, 0.3) is 0 Å². The maximum Gasteiger partial charge on any atom is 0.325 e. The lowest BCUT2D eigenvalue weighted by Gasteiger charge is -2.29. The number of guanidine groups is 1. The summed E-state index contributed by atoms with van der Waals surface area (Å²) in [5.74, 6) is -20.4. The second-order valence-corrected chi connectivity index (χ2v) is 29.0. The molecule has 0 spiro atoms. The number of aliphatic imine (C=N–C) groups is 1. The fourth-order valence-electron chi connectivity index (χ4n) is 11.2. The number of nitrogens with two attached hydrogens (primary N) is 4. The lowest BCUT2D eigenvalue weighted by Crippen LogP contribution is -2.60. The van der Waals surface area contributed by atoms with Crippen LogP contribution in [0.2, 0.25) is 0 Å². The molecule has 0 unspecified atom stereocenters. The van der Waals surface area contributed by atoms with Gasteiger partial charge in [-0.3, -0.25) is 96.1 Å². The van der Waals surface area contributed by atoms with E-state index in [1.807, 2.05) is 0 Å². The molecule has 44 heteroatoms. The van der Waals surface area contributed by atoms with E-state index in [9.17, 15) is 96.2 Å². The van der Waals surface area contributed by atoms with E-state index in [-0.39, 0.29) is 88.2 Å². The van der Waals surface area contributed by atoms with Crippen LogP contribution in [0, 0.1) is 23.7 Å². The molecule has 0 radical (unpaired) electrons. The van der Waals surface area contributed by atoms with E-state index in [2.05, 4.69) is 89.4 Å². The molecule has 113 heavy (non-hydrogen) atoms. The highest BCUT2D eigenvalue weighted by molar-refractivity contribution is 6.01. The maximum atomic E-state index is 14.3. The van der Waals surface area contributed by atoms with Crippen molar-refractivity contribution in [2.75, 3.05) is 32.7 Å². The fraction of sp³-hybridized carbons (Fsp3) is 0.667. The molecule has 2 heterocycles. The number of aromatic amines is 1. The second kappa shape index (κ2) is 48.9. The van der Waals surface area contributed by atoms with Gasteiger partial charge < -0.3 is 123 Å². The Kier molecular flexibility index (Phi) is 42.2. The number of likely N-dealkylation sites (tertiary alicyclic amines) is 1. The first kappa shape index (κ1) is 97.4. The molecule has 0 aliphatic carbocycles. The minimum absolute atomic E-state index is 0.000725. The van der Waals surface area contributed by atoms with Gasteiger partial charge in [0.2, 0.25) is 94.5 Å². The zero-order chi connectivity index (χ0) is 85.7. The third kappa shape index (κ3) is 37.3. The molecular weight excluding hydrogens is 1490 g/mol. The summed E-state index contributed by atoms with van der Waals surface area (Å²) in [5, 5.41) is 61.7. The number of carboxylic acid groups (broad SMARTS) is 3. The number of H-pyrrole nitrogens is 1. The molecule has 1 aromatic heterocycles. The Hall–Kier alpha value is -11.6. The summed E-state index contributed by atoms with van der Waals surface area (Å²) in [4.78, 5) is 262. The number of amides is 16. The summed E-state index contributed by atoms with van der Waals surface area (Å²) in [6.07, 6.45) is 0.0685. The van der Waals surface area contributed by atoms with Crippen LogP contribution < -0.4 is 97.4 Å². The third-order valence-corrected chi connectivity index (χ3v) is 17.2. The van der Waals surface area contributed by atoms with Crippen LogP contribution in [-0.4, -0.2) is 260 Å². The lowest BCUT2D eigenvalue weighted by molar-refractivity contribution is -0.142. The monoisotopic (exact) mass is 1600 g/mol. The van der Waals surface area contributed by atoms with E-state index in [1.54, 1.807) is 55.4 Å². The summed E-state index contributed by atoms with van der Waals surface area (Å²) in [6.45, 7) is 15.1. The van der Waals surface area contributed by atoms with Gasteiger partial charge in [0.1, 0.15) is 72.5 Å². The largest absolute Gasteiger partial charge is 0.481 e. The number of hydrogen-bond acceptors (Lipinski definition) is 22. The van der Waals surface area contributed by atoms with E-state index in [4.69, 9.17) is 33.1 Å². The Bertz CT molecular complexity index is 3530. The van der Waals surface area contributed by atoms with Crippen molar-refractivity contribution >= 4 is 118 Å². The Morgan fingerprint density at radius 3 is 1.47 bits per heavy atom. The van der Waals surface area contributed by atoms with Crippen molar-refractivity contribution < 1.29 is 106 Å². The van der Waals surface area contributed by atoms with Crippen molar-refractivity contribution in [1.29, 1.82) is 0 Å². The molecule has 1 saturated heterocycles. The third-order valence-electron chi connectivity index (χ3n) is 17.2. The van der Waals surface area contributed by atoms with E-state index in [0.717, 1.165) is 11.8 Å². The Morgan fingerprint density at radius 2 is 0.973 bits per heavy atom. The molecule has 1 aliphatic heterocycles. The van der Waals surface area contributed by atoms with Crippen molar-refractivity contribution in [2.24, 2.45) is 51.6 Å². The highest BCUT2D eigenvalue weighted by Crippen LogP contribution is 2.19. The molecule has 632 valence electrons. The minimum Gasteiger partial charge on any atom is -0.481 e. The van der Waals surface area contributed by atoms with E-state index in [1.165, 1.54) is 26.4 Å². The molecule has 26 N–H and O–H groups in total. The summed E-state index contributed by atoms with van der Waals surface area (Å²) in [7, 11) is 0. The predicted octanol–water partition coefficient (Wildman–Crippen LogP) is -7.45. The van der Waals surface area contributed by atoms with Gasteiger partial charge in [-0.15, -0.1) is 0 Å². The molecule has 13 atom stereocenters. The van der Waals surface area contributed by atoms with Crippen LogP contribution in [0.1, 0.15) is 159 Å². The van der Waals surface area contributed by atoms with Crippen molar-refractivity contribution in [1.82, 2.24) is 89.3 Å². The first-order valence-corrected chi connectivity index (χ1v) is 37.0. The Labute approximate surface area is 652 Å². The number of nitrogens with one attached hydrogen (secondary N) is 15. The quantitative estimate of drug-likeness (QED) is 0.0164. The number of primary amides is 1. The molecule has 0 aromatic carbocycles. The van der Waals surface area contributed by atoms with Gasteiger partial charge in [0.25, 0.3) is 0 Å². The van der Waals surface area contributed by atoms with Gasteiger partial charge >= 0.3 is 17.9 Å². The van der Waals surface area contributed by atoms with Crippen LogP contribution in [0.4, 0.5) is 0 Å². The average molecular weight is 1600 g/mol. The second-order valence-electron chi connectivity index (χ2n) is 29.0. The predicted molar refractivity (Wildman–Crippen MR) is 401 cm³/mol. The Morgan fingerprint density at radius 1 is 0.496 bits per heavy atom. The topological polar surface area (TPSA) is 702 Å². The van der Waals surface area contributed by atoms with E-state index in [0.29, 0.717) is 12.1 Å². The van der Waals surface area contributed by atoms with Gasteiger partial charge in [0.15, 0.2) is 5.96 Å². The fourth-order valence-corrected chi connectivity index (χ4v) is 11.2. The molecule has 44 nitrogen and oxygen atoms in total. The van der Waals surface area contributed by atoms with Crippen LogP contribution >= 0.6 is 0 Å². The van der Waals surface area contributed by atoms with Crippen LogP contribution in [0.15, 0.2) is 17.5 Å². The summed E-state index contributed by atoms with van der Waals surface area (Å²) in [5.41, 5.74) is 22.5. The number of imidazole rings is 1. The summed E-state index contributed by atoms with van der Waals surface area (Å²) in [6, 6.07) is -18.3. The normalized spacial score (nSPS) is 15.6. The van der Waals surface area contributed by atoms with Crippen molar-refractivity contribution in [3.8, 4) is 0 Å². The Balaban J connectivity index is 2.26. The minimum atomic E-state index is -1.89. The maximum absolute atomic E-state index is 14.3. The van der Waals surface area contributed by atoms with Crippen molar-refractivity contribution in [3.05, 3.63) is 18.2 Å². The number of carboxylic acids is 3. The number of hydrogen-bond donors (Lipinski definition) is 22. The SMILES string of the molecule is CC(C)C[C@H](NC(=O)[C@H](C)NC(=O)[C@H](Cc1cnc[nH]1)NC(=O)[C@@H]1CCCN1C(=O)CNC(=O)CNC(=O)[C@H](CCCN=C(N)N)NC(=O)[C@H](CC(C)C)NC(=O)[C@H](CC(C)C)NC(=O)[C@@H](NC(=O)[C@H](C)NC(=O)[C@@H](N)CCC(=O)O)C(C)C)C(=O)N[C@@H](CCC(N)=O)C(=O)N[C@@H](CC(=O)O)C(=O)NCC(=O)N[C@@H](C)C(=O)O. The molecule has 0 bridgehead atoms. The molecule has 1 aromatic rings. The van der Waals surface area contributed by atoms with Crippen LogP contribution in [0.3, 0.4) is 0 Å². The average Bonchev–Trinajstić information content (AvgIpc) is 1.79. The van der Waals surface area contributed by atoms with Gasteiger partial charge in [0, 0.05) is 44.2 Å². The molecule has 16 amide bonds. The van der Waals surface area contributed by atoms with Gasteiger partial charge in [-0.25, -0.2) is 4.98 Å². The van der Waals surface area contributed by atoms with Gasteiger partial charge in [-0.05, 0) is 102 Å². The summed E-state index contributed by atoms with van der Waals surface area (Å²) >= 11 is 0. The van der Waals surface area contributed by atoms with Gasteiger partial charge in [-0.2, -0.15) is 0 Å². The zero-order valence-corrected chi connectivity index (χ0v) is 65.4. The molecule has 2 rings (SSSR count). The van der Waals surface area contributed by atoms with Crippen LogP contribution in [-0.2, 0) is 97.5 Å². The highest BCUT2D eigenvalue weighted by Gasteiger charge is 2.40.